The van der Waals surface area contributed by atoms with Crippen molar-refractivity contribution in [2.24, 2.45) is 5.92 Å². The average molecular weight is 265 g/mol. The van der Waals surface area contributed by atoms with Crippen LogP contribution < -0.4 is 5.30 Å². The molecule has 2 aliphatic rings. The Morgan fingerprint density at radius 2 is 1.94 bits per heavy atom. The molecule has 1 aromatic carbocycles. The highest BCUT2D eigenvalue weighted by atomic mass is 31.2. The summed E-state index contributed by atoms with van der Waals surface area (Å²) in [7, 11) is -0.845. The van der Waals surface area contributed by atoms with Gasteiger partial charge in [-0.1, -0.05) is 31.0 Å². The number of nitrogens with zero attached hydrogens (tertiary/aromatic N) is 1. The number of hydrogen-bond acceptors (Lipinski definition) is 2. The highest BCUT2D eigenvalue weighted by molar-refractivity contribution is 7.64. The Morgan fingerprint density at radius 3 is 2.72 bits per heavy atom. The maximum absolute atomic E-state index is 13.1. The lowest BCUT2D eigenvalue weighted by Gasteiger charge is -2.45. The fraction of sp³-hybridized carbons (Fsp3) is 0.571. The quantitative estimate of drug-likeness (QED) is 0.731. The van der Waals surface area contributed by atoms with Gasteiger partial charge in [-0.05, 0) is 37.9 Å². The predicted molar refractivity (Wildman–Crippen MR) is 73.1 cm³/mol. The lowest BCUT2D eigenvalue weighted by atomic mass is 9.85. The third-order valence-corrected chi connectivity index (χ3v) is 6.89. The molecule has 1 aromatic rings. The van der Waals surface area contributed by atoms with Crippen molar-refractivity contribution in [2.45, 2.75) is 31.7 Å². The monoisotopic (exact) mass is 265 g/mol. The van der Waals surface area contributed by atoms with E-state index in [4.69, 9.17) is 4.52 Å². The first kappa shape index (κ1) is 12.4. The molecule has 1 saturated carbocycles. The lowest BCUT2D eigenvalue weighted by molar-refractivity contribution is 0.0836. The molecular weight excluding hydrogens is 245 g/mol. The largest absolute Gasteiger partial charge is 0.314 e. The summed E-state index contributed by atoms with van der Waals surface area (Å²) in [5.41, 5.74) is 0. The van der Waals surface area contributed by atoms with Crippen molar-refractivity contribution in [3.8, 4) is 0 Å². The van der Waals surface area contributed by atoms with Crippen LogP contribution in [-0.2, 0) is 9.09 Å². The number of rotatable bonds is 1. The highest BCUT2D eigenvalue weighted by Crippen LogP contribution is 2.56. The van der Waals surface area contributed by atoms with Crippen LogP contribution in [0, 0.1) is 5.92 Å². The van der Waals surface area contributed by atoms with Gasteiger partial charge in [0.15, 0.2) is 0 Å². The van der Waals surface area contributed by atoms with E-state index in [1.54, 1.807) is 0 Å². The topological polar surface area (TPSA) is 29.5 Å². The zero-order valence-corrected chi connectivity index (χ0v) is 11.7. The van der Waals surface area contributed by atoms with Crippen molar-refractivity contribution in [3.05, 3.63) is 30.3 Å². The molecule has 0 spiro atoms. The second-order valence-electron chi connectivity index (χ2n) is 5.34. The van der Waals surface area contributed by atoms with Gasteiger partial charge in [-0.2, -0.15) is 0 Å². The minimum absolute atomic E-state index is 0.429. The zero-order valence-electron chi connectivity index (χ0n) is 10.8. The minimum Gasteiger partial charge on any atom is -0.314 e. The van der Waals surface area contributed by atoms with Crippen LogP contribution in [0.5, 0.6) is 0 Å². The highest BCUT2D eigenvalue weighted by Gasteiger charge is 2.44. The van der Waals surface area contributed by atoms with Gasteiger partial charge >= 0.3 is 7.52 Å². The van der Waals surface area contributed by atoms with Crippen LogP contribution >= 0.6 is 7.52 Å². The van der Waals surface area contributed by atoms with Gasteiger partial charge in [0, 0.05) is 6.04 Å². The van der Waals surface area contributed by atoms with E-state index in [0.29, 0.717) is 18.6 Å². The molecule has 18 heavy (non-hydrogen) atoms. The molecule has 1 aliphatic carbocycles. The van der Waals surface area contributed by atoms with Crippen LogP contribution in [0.4, 0.5) is 0 Å². The zero-order chi connectivity index (χ0) is 12.6. The van der Waals surface area contributed by atoms with Crippen LogP contribution in [0.15, 0.2) is 30.3 Å². The van der Waals surface area contributed by atoms with Gasteiger partial charge in [-0.3, -0.25) is 4.57 Å². The number of fused-ring (bicyclic) bond motifs is 1. The van der Waals surface area contributed by atoms with E-state index >= 15 is 0 Å². The molecule has 0 radical (unpaired) electrons. The molecule has 0 aromatic heterocycles. The fourth-order valence-corrected chi connectivity index (χ4v) is 5.56. The van der Waals surface area contributed by atoms with Gasteiger partial charge in [0.05, 0.1) is 11.9 Å². The molecule has 0 unspecified atom stereocenters. The van der Waals surface area contributed by atoms with Crippen LogP contribution in [-0.4, -0.2) is 24.4 Å². The summed E-state index contributed by atoms with van der Waals surface area (Å²) < 4.78 is 21.0. The van der Waals surface area contributed by atoms with Gasteiger partial charge in [0.25, 0.3) is 0 Å². The summed E-state index contributed by atoms with van der Waals surface area (Å²) in [6.45, 7) is 0.654. The summed E-state index contributed by atoms with van der Waals surface area (Å²) >= 11 is 0. The predicted octanol–water partition coefficient (Wildman–Crippen LogP) is 3.03. The van der Waals surface area contributed by atoms with Crippen LogP contribution in [0.2, 0.25) is 0 Å². The standard InChI is InChI=1S/C14H20NO2P/c1-15-14-10-6-5-7-12(14)11-17-18(15,16)13-8-3-2-4-9-13/h2-4,8-9,12,14H,5-7,10-11H2,1H3/t12-,14-,18+/m1/s1. The molecule has 3 atom stereocenters. The van der Waals surface area contributed by atoms with E-state index in [1.165, 1.54) is 19.3 Å². The van der Waals surface area contributed by atoms with Crippen molar-refractivity contribution in [3.63, 3.8) is 0 Å². The van der Waals surface area contributed by atoms with Crippen molar-refractivity contribution in [1.82, 2.24) is 4.67 Å². The molecule has 98 valence electrons. The SMILES string of the molecule is CN1[C@@H]2CCCC[C@@H]2CO[P@@]1(=O)c1ccccc1. The molecule has 2 fully saturated rings. The number of benzene rings is 1. The fourth-order valence-electron chi connectivity index (χ4n) is 3.23. The normalized spacial score (nSPS) is 37.2. The average Bonchev–Trinajstić information content (AvgIpc) is 2.44. The van der Waals surface area contributed by atoms with Gasteiger partial charge in [-0.25, -0.2) is 4.67 Å². The van der Waals surface area contributed by atoms with E-state index in [2.05, 4.69) is 0 Å². The Hall–Kier alpha value is -0.630. The molecule has 0 N–H and O–H groups in total. The first-order valence-corrected chi connectivity index (χ1v) is 8.33. The summed E-state index contributed by atoms with van der Waals surface area (Å²) in [6.07, 6.45) is 4.90. The summed E-state index contributed by atoms with van der Waals surface area (Å²) in [5, 5.41) is 0.830. The Bertz CT molecular complexity index is 462. The first-order valence-electron chi connectivity index (χ1n) is 6.75. The Kier molecular flexibility index (Phi) is 3.31. The molecule has 4 heteroatoms. The van der Waals surface area contributed by atoms with Crippen molar-refractivity contribution < 1.29 is 9.09 Å². The van der Waals surface area contributed by atoms with Gasteiger partial charge in [-0.15, -0.1) is 0 Å². The Labute approximate surface area is 109 Å². The molecule has 1 saturated heterocycles. The van der Waals surface area contributed by atoms with E-state index in [9.17, 15) is 4.57 Å². The van der Waals surface area contributed by atoms with Crippen LogP contribution in [0.25, 0.3) is 0 Å². The van der Waals surface area contributed by atoms with E-state index in [-0.39, 0.29) is 0 Å². The van der Waals surface area contributed by atoms with Crippen molar-refractivity contribution >= 4 is 12.8 Å². The second kappa shape index (κ2) is 4.80. The van der Waals surface area contributed by atoms with Gasteiger partial charge in [0.1, 0.15) is 0 Å². The van der Waals surface area contributed by atoms with Crippen molar-refractivity contribution in [1.29, 1.82) is 0 Å². The first-order chi connectivity index (χ1) is 8.72. The summed E-state index contributed by atoms with van der Waals surface area (Å²) in [4.78, 5) is 0. The van der Waals surface area contributed by atoms with E-state index in [0.717, 1.165) is 11.7 Å². The summed E-state index contributed by atoms with van der Waals surface area (Å²) in [5.74, 6) is 0.564. The second-order valence-corrected chi connectivity index (χ2v) is 7.78. The molecule has 1 heterocycles. The molecule has 1 aliphatic heterocycles. The molecule has 3 rings (SSSR count). The molecule has 0 amide bonds. The van der Waals surface area contributed by atoms with Crippen LogP contribution in [0.1, 0.15) is 25.7 Å². The third kappa shape index (κ3) is 1.95. The third-order valence-electron chi connectivity index (χ3n) is 4.31. The van der Waals surface area contributed by atoms with Crippen LogP contribution in [0.3, 0.4) is 0 Å². The Morgan fingerprint density at radius 1 is 1.22 bits per heavy atom. The maximum Gasteiger partial charge on any atom is 0.302 e. The lowest BCUT2D eigenvalue weighted by Crippen LogP contribution is -2.46. The smallest absolute Gasteiger partial charge is 0.302 e. The molecular formula is C14H20NO2P. The Balaban J connectivity index is 1.92. The van der Waals surface area contributed by atoms with E-state index in [1.807, 2.05) is 42.0 Å². The van der Waals surface area contributed by atoms with Gasteiger partial charge in [0.2, 0.25) is 0 Å². The molecule has 3 nitrogen and oxygen atoms in total. The summed E-state index contributed by atoms with van der Waals surface area (Å²) in [6, 6.07) is 10.1. The number of hydrogen-bond donors (Lipinski definition) is 0. The minimum atomic E-state index is -2.81. The molecule has 0 bridgehead atoms. The van der Waals surface area contributed by atoms with Gasteiger partial charge < -0.3 is 4.52 Å². The maximum atomic E-state index is 13.1. The van der Waals surface area contributed by atoms with Crippen molar-refractivity contribution in [2.75, 3.05) is 13.7 Å². The van der Waals surface area contributed by atoms with E-state index < -0.39 is 7.52 Å².